The second-order valence-electron chi connectivity index (χ2n) is 6.10. The van der Waals surface area contributed by atoms with Crippen LogP contribution in [-0.4, -0.2) is 39.7 Å². The van der Waals surface area contributed by atoms with Gasteiger partial charge in [0.1, 0.15) is 14.8 Å². The van der Waals surface area contributed by atoms with E-state index in [1.54, 1.807) is 11.3 Å². The Morgan fingerprint density at radius 2 is 1.71 bits per heavy atom. The van der Waals surface area contributed by atoms with Crippen molar-refractivity contribution in [2.75, 3.05) is 11.5 Å². The van der Waals surface area contributed by atoms with Gasteiger partial charge >= 0.3 is 0 Å². The lowest BCUT2D eigenvalue weighted by molar-refractivity contribution is 0.544. The predicted molar refractivity (Wildman–Crippen MR) is 80.5 cm³/mol. The third kappa shape index (κ3) is 2.48. The van der Waals surface area contributed by atoms with Crippen molar-refractivity contribution in [3.63, 3.8) is 0 Å². The Morgan fingerprint density at radius 3 is 2.43 bits per heavy atom. The van der Waals surface area contributed by atoms with Crippen molar-refractivity contribution in [1.82, 2.24) is 19.8 Å². The van der Waals surface area contributed by atoms with Crippen LogP contribution in [-0.2, 0) is 9.84 Å². The maximum Gasteiger partial charge on any atom is 0.234 e. The van der Waals surface area contributed by atoms with Crippen LogP contribution in [0.25, 0.3) is 4.96 Å². The highest BCUT2D eigenvalue weighted by atomic mass is 32.2. The fraction of sp³-hybridized carbons (Fsp3) is 0.769. The van der Waals surface area contributed by atoms with Gasteiger partial charge in [-0.05, 0) is 25.7 Å². The Bertz CT molecular complexity index is 744. The highest BCUT2D eigenvalue weighted by Gasteiger charge is 2.29. The summed E-state index contributed by atoms with van der Waals surface area (Å²) >= 11 is 1.57. The van der Waals surface area contributed by atoms with Gasteiger partial charge in [0.25, 0.3) is 0 Å². The third-order valence-corrected chi connectivity index (χ3v) is 7.43. The fourth-order valence-corrected chi connectivity index (χ4v) is 5.89. The summed E-state index contributed by atoms with van der Waals surface area (Å²) in [6.45, 7) is 0. The van der Waals surface area contributed by atoms with Crippen molar-refractivity contribution in [3.8, 4) is 0 Å². The van der Waals surface area contributed by atoms with Crippen LogP contribution in [0.3, 0.4) is 0 Å². The molecule has 1 saturated carbocycles. The normalized spacial score (nSPS) is 24.0. The maximum absolute atomic E-state index is 11.5. The molecular weight excluding hydrogens is 308 g/mol. The van der Waals surface area contributed by atoms with E-state index < -0.39 is 9.84 Å². The van der Waals surface area contributed by atoms with Crippen molar-refractivity contribution in [2.45, 2.75) is 50.4 Å². The molecule has 1 saturated heterocycles. The summed E-state index contributed by atoms with van der Waals surface area (Å²) in [5.74, 6) is 2.31. The highest BCUT2D eigenvalue weighted by molar-refractivity contribution is 7.91. The summed E-state index contributed by atoms with van der Waals surface area (Å²) in [7, 11) is -2.82. The maximum atomic E-state index is 11.5. The molecule has 1 aliphatic heterocycles. The van der Waals surface area contributed by atoms with Crippen molar-refractivity contribution in [1.29, 1.82) is 0 Å². The molecule has 0 aromatic carbocycles. The lowest BCUT2D eigenvalue weighted by Crippen LogP contribution is -2.22. The first kappa shape index (κ1) is 13.6. The molecule has 1 aliphatic carbocycles. The molecule has 0 atom stereocenters. The quantitative estimate of drug-likeness (QED) is 0.845. The van der Waals surface area contributed by atoms with Gasteiger partial charge in [-0.3, -0.25) is 0 Å². The number of sulfone groups is 1. The highest BCUT2D eigenvalue weighted by Crippen LogP contribution is 2.36. The molecule has 3 heterocycles. The molecule has 0 unspecified atom stereocenters. The third-order valence-electron chi connectivity index (χ3n) is 4.65. The summed E-state index contributed by atoms with van der Waals surface area (Å²) in [5.41, 5.74) is 0. The zero-order chi connectivity index (χ0) is 14.4. The summed E-state index contributed by atoms with van der Waals surface area (Å²) < 4.78 is 25.0. The zero-order valence-electron chi connectivity index (χ0n) is 11.7. The topological polar surface area (TPSA) is 77.2 Å². The van der Waals surface area contributed by atoms with E-state index in [0.29, 0.717) is 18.8 Å². The van der Waals surface area contributed by atoms with Crippen molar-refractivity contribution in [2.24, 2.45) is 0 Å². The van der Waals surface area contributed by atoms with Crippen LogP contribution in [0.4, 0.5) is 0 Å². The van der Waals surface area contributed by atoms with Crippen LogP contribution in [0.2, 0.25) is 0 Å². The second-order valence-corrected chi connectivity index (χ2v) is 9.39. The van der Waals surface area contributed by atoms with Gasteiger partial charge in [-0.2, -0.15) is 9.61 Å². The SMILES string of the molecule is O=S1(=O)CCC(c2nn3c(C4CCCC4)nnc3s2)CC1. The molecule has 8 heteroatoms. The van der Waals surface area contributed by atoms with E-state index in [0.717, 1.165) is 15.8 Å². The van der Waals surface area contributed by atoms with Gasteiger partial charge in [0.05, 0.1) is 11.5 Å². The average Bonchev–Trinajstić information content (AvgIpc) is 3.13. The van der Waals surface area contributed by atoms with E-state index in [-0.39, 0.29) is 17.4 Å². The van der Waals surface area contributed by atoms with Gasteiger partial charge in [0, 0.05) is 11.8 Å². The van der Waals surface area contributed by atoms with E-state index in [1.165, 1.54) is 25.7 Å². The average molecular weight is 326 g/mol. The molecule has 2 aromatic heterocycles. The zero-order valence-corrected chi connectivity index (χ0v) is 13.4. The summed E-state index contributed by atoms with van der Waals surface area (Å²) in [5, 5.41) is 14.3. The first-order chi connectivity index (χ1) is 10.1. The Labute approximate surface area is 127 Å². The lowest BCUT2D eigenvalue weighted by Gasteiger charge is -2.19. The monoisotopic (exact) mass is 326 g/mol. The van der Waals surface area contributed by atoms with E-state index in [2.05, 4.69) is 10.2 Å². The Morgan fingerprint density at radius 1 is 1.00 bits per heavy atom. The first-order valence-corrected chi connectivity index (χ1v) is 10.2. The molecule has 114 valence electrons. The molecule has 0 spiro atoms. The van der Waals surface area contributed by atoms with Crippen molar-refractivity contribution < 1.29 is 8.42 Å². The smallest absolute Gasteiger partial charge is 0.229 e. The lowest BCUT2D eigenvalue weighted by atomic mass is 10.0. The molecule has 0 N–H and O–H groups in total. The Kier molecular flexibility index (Phi) is 3.25. The molecule has 2 aromatic rings. The van der Waals surface area contributed by atoms with Crippen molar-refractivity contribution in [3.05, 3.63) is 10.8 Å². The van der Waals surface area contributed by atoms with Crippen LogP contribution in [0, 0.1) is 0 Å². The van der Waals surface area contributed by atoms with Gasteiger partial charge in [-0.25, -0.2) is 8.42 Å². The Balaban J connectivity index is 1.62. The number of nitrogens with zero attached hydrogens (tertiary/aromatic N) is 4. The molecule has 0 radical (unpaired) electrons. The number of fused-ring (bicyclic) bond motifs is 1. The van der Waals surface area contributed by atoms with Gasteiger partial charge in [-0.15, -0.1) is 10.2 Å². The van der Waals surface area contributed by atoms with E-state index in [4.69, 9.17) is 5.10 Å². The van der Waals surface area contributed by atoms with Gasteiger partial charge < -0.3 is 0 Å². The molecule has 0 bridgehead atoms. The van der Waals surface area contributed by atoms with Crippen molar-refractivity contribution >= 4 is 26.1 Å². The predicted octanol–water partition coefficient (Wildman–Crippen LogP) is 2.14. The minimum absolute atomic E-state index is 0.261. The molecule has 2 fully saturated rings. The second kappa shape index (κ2) is 5.01. The summed E-state index contributed by atoms with van der Waals surface area (Å²) in [6, 6.07) is 0. The van der Waals surface area contributed by atoms with E-state index in [9.17, 15) is 8.42 Å². The van der Waals surface area contributed by atoms with Gasteiger partial charge in [0.2, 0.25) is 4.96 Å². The number of aromatic nitrogens is 4. The van der Waals surface area contributed by atoms with Crippen LogP contribution < -0.4 is 0 Å². The summed E-state index contributed by atoms with van der Waals surface area (Å²) in [6.07, 6.45) is 6.25. The molecule has 0 amide bonds. The number of hydrogen-bond donors (Lipinski definition) is 0. The molecule has 4 rings (SSSR count). The first-order valence-electron chi connectivity index (χ1n) is 7.55. The minimum Gasteiger partial charge on any atom is -0.229 e. The minimum atomic E-state index is -2.82. The van der Waals surface area contributed by atoms with Crippen LogP contribution in [0.1, 0.15) is 61.2 Å². The largest absolute Gasteiger partial charge is 0.234 e. The number of hydrogen-bond acceptors (Lipinski definition) is 6. The van der Waals surface area contributed by atoms with Crippen LogP contribution in [0.15, 0.2) is 0 Å². The number of rotatable bonds is 2. The standard InChI is InChI=1S/C13H18N4O2S2/c18-21(19)7-5-10(6-8-21)12-16-17-11(9-3-1-2-4-9)14-15-13(17)20-12/h9-10H,1-8H2. The van der Waals surface area contributed by atoms with Crippen LogP contribution in [0.5, 0.6) is 0 Å². The van der Waals surface area contributed by atoms with Gasteiger partial charge in [-0.1, -0.05) is 24.2 Å². The molecule has 21 heavy (non-hydrogen) atoms. The van der Waals surface area contributed by atoms with E-state index in [1.807, 2.05) is 4.52 Å². The molecule has 2 aliphatic rings. The van der Waals surface area contributed by atoms with Gasteiger partial charge in [0.15, 0.2) is 5.82 Å². The van der Waals surface area contributed by atoms with Crippen LogP contribution >= 0.6 is 11.3 Å². The van der Waals surface area contributed by atoms with E-state index >= 15 is 0 Å². The Hall–Kier alpha value is -1.02. The molecular formula is C13H18N4O2S2. The summed E-state index contributed by atoms with van der Waals surface area (Å²) in [4.78, 5) is 0.848. The fourth-order valence-electron chi connectivity index (χ4n) is 3.39. The molecule has 6 nitrogen and oxygen atoms in total.